The van der Waals surface area contributed by atoms with Crippen molar-refractivity contribution in [2.24, 2.45) is 0 Å². The molecule has 21 heavy (non-hydrogen) atoms. The van der Waals surface area contributed by atoms with Gasteiger partial charge in [-0.3, -0.25) is 4.79 Å². The number of ketones is 1. The molecule has 0 aromatic heterocycles. The highest BCUT2D eigenvalue weighted by Gasteiger charge is 2.02. The number of carbonyl (C=O) groups is 1. The van der Waals surface area contributed by atoms with Gasteiger partial charge in [0.25, 0.3) is 0 Å². The summed E-state index contributed by atoms with van der Waals surface area (Å²) in [6.07, 6.45) is 3.14. The highest BCUT2D eigenvalue weighted by molar-refractivity contribution is 9.09. The molecule has 108 valence electrons. The topological polar surface area (TPSA) is 26.3 Å². The number of carbonyl (C=O) groups excluding carboxylic acids is 1. The van der Waals surface area contributed by atoms with Crippen LogP contribution in [0, 0.1) is 5.82 Å². The van der Waals surface area contributed by atoms with Crippen molar-refractivity contribution in [3.8, 4) is 5.75 Å². The maximum absolute atomic E-state index is 12.8. The van der Waals surface area contributed by atoms with Crippen LogP contribution in [0.1, 0.15) is 15.9 Å². The first-order valence-electron chi connectivity index (χ1n) is 6.46. The van der Waals surface area contributed by atoms with Crippen molar-refractivity contribution >= 4 is 27.8 Å². The molecule has 2 nitrogen and oxygen atoms in total. The monoisotopic (exact) mass is 348 g/mol. The van der Waals surface area contributed by atoms with Crippen LogP contribution in [0.5, 0.6) is 5.75 Å². The highest BCUT2D eigenvalue weighted by Crippen LogP contribution is 2.14. The van der Waals surface area contributed by atoms with Crippen LogP contribution >= 0.6 is 15.9 Å². The van der Waals surface area contributed by atoms with Gasteiger partial charge in [-0.05, 0) is 48.0 Å². The molecule has 0 saturated carbocycles. The molecule has 0 fully saturated rings. The van der Waals surface area contributed by atoms with Crippen LogP contribution in [0.2, 0.25) is 0 Å². The second-order valence-corrected chi connectivity index (χ2v) is 5.10. The van der Waals surface area contributed by atoms with Crippen LogP contribution in [-0.4, -0.2) is 17.7 Å². The van der Waals surface area contributed by atoms with Gasteiger partial charge in [-0.2, -0.15) is 0 Å². The number of halogens is 2. The van der Waals surface area contributed by atoms with Gasteiger partial charge in [-0.1, -0.05) is 34.1 Å². The summed E-state index contributed by atoms with van der Waals surface area (Å²) in [6.45, 7) is 0.581. The van der Waals surface area contributed by atoms with E-state index in [4.69, 9.17) is 4.74 Å². The zero-order valence-corrected chi connectivity index (χ0v) is 12.8. The summed E-state index contributed by atoms with van der Waals surface area (Å²) in [5.74, 6) is 0.331. The molecule has 0 N–H and O–H groups in total. The summed E-state index contributed by atoms with van der Waals surface area (Å²) < 4.78 is 18.2. The molecule has 0 unspecified atom stereocenters. The maximum atomic E-state index is 12.8. The second kappa shape index (κ2) is 7.74. The van der Waals surface area contributed by atoms with E-state index < -0.39 is 0 Å². The Kier molecular flexibility index (Phi) is 5.69. The third kappa shape index (κ3) is 4.83. The van der Waals surface area contributed by atoms with E-state index in [0.29, 0.717) is 12.2 Å². The first kappa shape index (κ1) is 15.4. The second-order valence-electron chi connectivity index (χ2n) is 4.31. The van der Waals surface area contributed by atoms with Gasteiger partial charge in [0.1, 0.15) is 11.6 Å². The molecule has 2 rings (SSSR count). The zero-order chi connectivity index (χ0) is 15.1. The van der Waals surface area contributed by atoms with Crippen molar-refractivity contribution in [2.45, 2.75) is 0 Å². The van der Waals surface area contributed by atoms with Crippen molar-refractivity contribution in [3.63, 3.8) is 0 Å². The van der Waals surface area contributed by atoms with E-state index in [1.54, 1.807) is 42.5 Å². The van der Waals surface area contributed by atoms with E-state index in [-0.39, 0.29) is 11.6 Å². The molecule has 2 aromatic carbocycles. The molecule has 0 aliphatic carbocycles. The minimum Gasteiger partial charge on any atom is -0.493 e. The molecule has 0 bridgehead atoms. The Morgan fingerprint density at radius 1 is 1.10 bits per heavy atom. The molecule has 0 spiro atoms. The van der Waals surface area contributed by atoms with Crippen LogP contribution in [0.3, 0.4) is 0 Å². The summed E-state index contributed by atoms with van der Waals surface area (Å²) in [5.41, 5.74) is 1.36. The molecule has 0 atom stereocenters. The number of ether oxygens (including phenoxy) is 1. The Morgan fingerprint density at radius 2 is 1.76 bits per heavy atom. The van der Waals surface area contributed by atoms with E-state index in [9.17, 15) is 9.18 Å². The number of alkyl halides is 1. The third-order valence-electron chi connectivity index (χ3n) is 2.78. The number of benzene rings is 2. The van der Waals surface area contributed by atoms with Crippen molar-refractivity contribution in [1.29, 1.82) is 0 Å². The van der Waals surface area contributed by atoms with Crippen LogP contribution in [0.15, 0.2) is 54.6 Å². The van der Waals surface area contributed by atoms with E-state index in [1.165, 1.54) is 18.2 Å². The van der Waals surface area contributed by atoms with Gasteiger partial charge in [-0.25, -0.2) is 4.39 Å². The fourth-order valence-electron chi connectivity index (χ4n) is 1.71. The van der Waals surface area contributed by atoms with E-state index in [1.807, 2.05) is 0 Å². The summed E-state index contributed by atoms with van der Waals surface area (Å²) in [5, 5.41) is 0.758. The minimum absolute atomic E-state index is 0.105. The fourth-order valence-corrected chi connectivity index (χ4v) is 1.88. The molecule has 2 aromatic rings. The molecule has 0 radical (unpaired) electrons. The van der Waals surface area contributed by atoms with Crippen molar-refractivity contribution < 1.29 is 13.9 Å². The Bertz CT molecular complexity index is 618. The van der Waals surface area contributed by atoms with Crippen LogP contribution in [0.25, 0.3) is 6.08 Å². The van der Waals surface area contributed by atoms with Crippen LogP contribution in [0.4, 0.5) is 4.39 Å². The average molecular weight is 349 g/mol. The van der Waals surface area contributed by atoms with E-state index in [2.05, 4.69) is 15.9 Å². The van der Waals surface area contributed by atoms with Crippen LogP contribution < -0.4 is 4.74 Å². The highest BCUT2D eigenvalue weighted by atomic mass is 79.9. The third-order valence-corrected chi connectivity index (χ3v) is 3.11. The average Bonchev–Trinajstić information content (AvgIpc) is 2.52. The maximum Gasteiger partial charge on any atom is 0.185 e. The predicted octanol–water partition coefficient (Wildman–Crippen LogP) is 4.50. The SMILES string of the molecule is O=C(C=Cc1ccc(F)cc1)c1ccc(OCCBr)cc1. The molecule has 0 aliphatic heterocycles. The van der Waals surface area contributed by atoms with Gasteiger partial charge >= 0.3 is 0 Å². The molecule has 0 aliphatic rings. The number of hydrogen-bond donors (Lipinski definition) is 0. The molecule has 0 amide bonds. The summed E-state index contributed by atoms with van der Waals surface area (Å²) in [4.78, 5) is 12.0. The molecule has 0 heterocycles. The number of hydrogen-bond acceptors (Lipinski definition) is 2. The minimum atomic E-state index is -0.294. The number of rotatable bonds is 6. The van der Waals surface area contributed by atoms with Gasteiger partial charge in [0.15, 0.2) is 5.78 Å². The van der Waals surface area contributed by atoms with Gasteiger partial charge < -0.3 is 4.74 Å². The standard InChI is InChI=1S/C17H14BrFO2/c18-11-12-21-16-8-4-14(5-9-16)17(20)10-3-13-1-6-15(19)7-2-13/h1-10H,11-12H2. The molecule has 0 saturated heterocycles. The quantitative estimate of drug-likeness (QED) is 0.436. The Hall–Kier alpha value is -1.94. The zero-order valence-electron chi connectivity index (χ0n) is 11.3. The Labute approximate surface area is 131 Å². The lowest BCUT2D eigenvalue weighted by molar-refractivity contribution is 0.104. The molecule has 4 heteroatoms. The first-order chi connectivity index (χ1) is 10.2. The summed E-state index contributed by atoms with van der Waals surface area (Å²) in [7, 11) is 0. The molecular weight excluding hydrogens is 335 g/mol. The van der Waals surface area contributed by atoms with Crippen LogP contribution in [-0.2, 0) is 0 Å². The van der Waals surface area contributed by atoms with E-state index in [0.717, 1.165) is 16.6 Å². The fraction of sp³-hybridized carbons (Fsp3) is 0.118. The van der Waals surface area contributed by atoms with Gasteiger partial charge in [0, 0.05) is 10.9 Å². The normalized spacial score (nSPS) is 10.8. The lowest BCUT2D eigenvalue weighted by atomic mass is 10.1. The Morgan fingerprint density at radius 3 is 2.38 bits per heavy atom. The summed E-state index contributed by atoms with van der Waals surface area (Å²) in [6, 6.07) is 12.9. The van der Waals surface area contributed by atoms with Crippen molar-refractivity contribution in [1.82, 2.24) is 0 Å². The smallest absolute Gasteiger partial charge is 0.185 e. The van der Waals surface area contributed by atoms with Gasteiger partial charge in [0.05, 0.1) is 6.61 Å². The lowest BCUT2D eigenvalue weighted by Gasteiger charge is -2.04. The van der Waals surface area contributed by atoms with Gasteiger partial charge in [-0.15, -0.1) is 0 Å². The van der Waals surface area contributed by atoms with Crippen molar-refractivity contribution in [3.05, 3.63) is 71.6 Å². The first-order valence-corrected chi connectivity index (χ1v) is 7.58. The largest absolute Gasteiger partial charge is 0.493 e. The lowest BCUT2D eigenvalue weighted by Crippen LogP contribution is -1.99. The molecular formula is C17H14BrFO2. The number of allylic oxidation sites excluding steroid dienone is 1. The van der Waals surface area contributed by atoms with E-state index >= 15 is 0 Å². The summed E-state index contributed by atoms with van der Waals surface area (Å²) >= 11 is 3.28. The predicted molar refractivity (Wildman–Crippen MR) is 85.5 cm³/mol. The van der Waals surface area contributed by atoms with Gasteiger partial charge in [0.2, 0.25) is 0 Å². The van der Waals surface area contributed by atoms with Crippen molar-refractivity contribution in [2.75, 3.05) is 11.9 Å². The Balaban J connectivity index is 2.01.